The first-order valence-electron chi connectivity index (χ1n) is 10.4. The number of anilines is 2. The lowest BCUT2D eigenvalue weighted by Crippen LogP contribution is -2.50. The third-order valence-electron chi connectivity index (χ3n) is 5.73. The predicted octanol–water partition coefficient (Wildman–Crippen LogP) is 3.32. The van der Waals surface area contributed by atoms with Gasteiger partial charge in [0.05, 0.1) is 16.9 Å². The zero-order valence-corrected chi connectivity index (χ0v) is 17.5. The number of benzene rings is 2. The number of para-hydroxylation sites is 1. The molecule has 31 heavy (non-hydrogen) atoms. The van der Waals surface area contributed by atoms with E-state index in [1.165, 1.54) is 0 Å². The number of amides is 1. The lowest BCUT2D eigenvalue weighted by Gasteiger charge is -2.37. The quantitative estimate of drug-likeness (QED) is 0.450. The van der Waals surface area contributed by atoms with Crippen LogP contribution in [0.5, 0.6) is 0 Å². The maximum atomic E-state index is 12.9. The van der Waals surface area contributed by atoms with Crippen LogP contribution in [-0.2, 0) is 4.79 Å². The number of pyridine rings is 1. The molecule has 8 nitrogen and oxygen atoms in total. The molecule has 1 aliphatic rings. The number of aromatic nitrogens is 1. The van der Waals surface area contributed by atoms with Gasteiger partial charge in [0.1, 0.15) is 0 Å². The molecular weight excluding hydrogens is 394 g/mol. The van der Waals surface area contributed by atoms with Crippen LogP contribution in [0.2, 0.25) is 0 Å². The summed E-state index contributed by atoms with van der Waals surface area (Å²) in [4.78, 5) is 34.1. The predicted molar refractivity (Wildman–Crippen MR) is 122 cm³/mol. The van der Waals surface area contributed by atoms with Gasteiger partial charge in [0.25, 0.3) is 5.69 Å². The van der Waals surface area contributed by atoms with Crippen molar-refractivity contribution in [2.75, 3.05) is 49.1 Å². The van der Waals surface area contributed by atoms with Crippen LogP contribution in [0.4, 0.5) is 17.1 Å². The van der Waals surface area contributed by atoms with Gasteiger partial charge < -0.3 is 9.80 Å². The van der Waals surface area contributed by atoms with E-state index < -0.39 is 0 Å². The standard InChI is InChI=1S/C23H25N5O3/c1-2-27(18-6-4-3-5-7-18)23(29)17-25-12-14-26(15-13-25)21-8-9-22(28(30)31)20-16-24-11-10-19(20)21/h3-11,16H,2,12-15,17H2,1H3. The molecule has 0 saturated carbocycles. The second kappa shape index (κ2) is 9.09. The SMILES string of the molecule is CCN(C(=O)CN1CCN(c2ccc([N+](=O)[O-])c3cnccc23)CC1)c1ccccc1. The number of carbonyl (C=O) groups excluding carboxylic acids is 1. The molecule has 0 aliphatic carbocycles. The summed E-state index contributed by atoms with van der Waals surface area (Å²) < 4.78 is 0. The number of carbonyl (C=O) groups is 1. The largest absolute Gasteiger partial charge is 0.368 e. The van der Waals surface area contributed by atoms with Crippen LogP contribution < -0.4 is 9.80 Å². The highest BCUT2D eigenvalue weighted by Gasteiger charge is 2.24. The molecule has 2 aromatic carbocycles. The minimum absolute atomic E-state index is 0.0663. The topological polar surface area (TPSA) is 82.8 Å². The van der Waals surface area contributed by atoms with Crippen LogP contribution in [0.1, 0.15) is 6.92 Å². The Hall–Kier alpha value is -3.52. The highest BCUT2D eigenvalue weighted by Crippen LogP contribution is 2.33. The summed E-state index contributed by atoms with van der Waals surface area (Å²) in [7, 11) is 0. The molecule has 3 aromatic rings. The molecule has 0 unspecified atom stereocenters. The maximum absolute atomic E-state index is 12.9. The van der Waals surface area contributed by atoms with E-state index in [-0.39, 0.29) is 16.5 Å². The van der Waals surface area contributed by atoms with E-state index in [4.69, 9.17) is 0 Å². The van der Waals surface area contributed by atoms with Crippen LogP contribution in [0.15, 0.2) is 60.9 Å². The summed E-state index contributed by atoms with van der Waals surface area (Å²) in [6, 6.07) is 14.9. The van der Waals surface area contributed by atoms with Gasteiger partial charge in [-0.1, -0.05) is 18.2 Å². The van der Waals surface area contributed by atoms with Gasteiger partial charge in [-0.05, 0) is 31.2 Å². The van der Waals surface area contributed by atoms with Crippen molar-refractivity contribution in [1.29, 1.82) is 0 Å². The van der Waals surface area contributed by atoms with Crippen molar-refractivity contribution in [3.8, 4) is 0 Å². The molecular formula is C23H25N5O3. The fraction of sp³-hybridized carbons (Fsp3) is 0.304. The van der Waals surface area contributed by atoms with E-state index in [0.717, 1.165) is 42.9 Å². The van der Waals surface area contributed by atoms with Gasteiger partial charge in [0.2, 0.25) is 5.91 Å². The van der Waals surface area contributed by atoms with Gasteiger partial charge in [0.15, 0.2) is 0 Å². The first kappa shape index (κ1) is 20.7. The number of fused-ring (bicyclic) bond motifs is 1. The molecule has 1 aromatic heterocycles. The monoisotopic (exact) mass is 419 g/mol. The van der Waals surface area contributed by atoms with Gasteiger partial charge >= 0.3 is 0 Å². The summed E-state index contributed by atoms with van der Waals surface area (Å²) >= 11 is 0. The van der Waals surface area contributed by atoms with Crippen molar-refractivity contribution >= 4 is 33.7 Å². The van der Waals surface area contributed by atoms with E-state index in [0.29, 0.717) is 18.5 Å². The number of non-ortho nitro benzene ring substituents is 1. The summed E-state index contributed by atoms with van der Waals surface area (Å²) in [6.07, 6.45) is 3.21. The fourth-order valence-corrected chi connectivity index (χ4v) is 4.13. The summed E-state index contributed by atoms with van der Waals surface area (Å²) in [5, 5.41) is 12.7. The minimum atomic E-state index is -0.371. The van der Waals surface area contributed by atoms with E-state index in [1.807, 2.05) is 54.3 Å². The number of rotatable bonds is 6. The molecule has 0 spiro atoms. The summed E-state index contributed by atoms with van der Waals surface area (Å²) in [5.41, 5.74) is 1.95. The van der Waals surface area contributed by atoms with Crippen molar-refractivity contribution in [2.45, 2.75) is 6.92 Å². The van der Waals surface area contributed by atoms with Crippen molar-refractivity contribution in [2.24, 2.45) is 0 Å². The van der Waals surface area contributed by atoms with Gasteiger partial charge in [-0.2, -0.15) is 0 Å². The molecule has 1 saturated heterocycles. The smallest absolute Gasteiger partial charge is 0.278 e. The fourth-order valence-electron chi connectivity index (χ4n) is 4.13. The molecule has 2 heterocycles. The highest BCUT2D eigenvalue weighted by molar-refractivity contribution is 5.99. The molecule has 1 fully saturated rings. The van der Waals surface area contributed by atoms with Crippen LogP contribution in [0.25, 0.3) is 10.8 Å². The first-order chi connectivity index (χ1) is 15.1. The Bertz CT molecular complexity index is 1080. The van der Waals surface area contributed by atoms with E-state index in [9.17, 15) is 14.9 Å². The van der Waals surface area contributed by atoms with Crippen LogP contribution in [0, 0.1) is 10.1 Å². The number of nitrogens with zero attached hydrogens (tertiary/aromatic N) is 5. The van der Waals surface area contributed by atoms with Crippen molar-refractivity contribution < 1.29 is 9.72 Å². The van der Waals surface area contributed by atoms with Crippen molar-refractivity contribution in [3.63, 3.8) is 0 Å². The number of nitro groups is 1. The van der Waals surface area contributed by atoms with E-state index >= 15 is 0 Å². The molecule has 8 heteroatoms. The number of nitro benzene ring substituents is 1. The summed E-state index contributed by atoms with van der Waals surface area (Å²) in [6.45, 7) is 5.99. The highest BCUT2D eigenvalue weighted by atomic mass is 16.6. The number of piperazine rings is 1. The second-order valence-electron chi connectivity index (χ2n) is 7.52. The Morgan fingerprint density at radius 2 is 1.81 bits per heavy atom. The Labute approximate surface area is 180 Å². The first-order valence-corrected chi connectivity index (χ1v) is 10.4. The van der Waals surface area contributed by atoms with Crippen molar-refractivity contribution in [1.82, 2.24) is 9.88 Å². The maximum Gasteiger partial charge on any atom is 0.278 e. The lowest BCUT2D eigenvalue weighted by molar-refractivity contribution is -0.383. The van der Waals surface area contributed by atoms with Crippen molar-refractivity contribution in [3.05, 3.63) is 71.0 Å². The number of hydrogen-bond donors (Lipinski definition) is 0. The molecule has 4 rings (SSSR count). The average molecular weight is 419 g/mol. The lowest BCUT2D eigenvalue weighted by atomic mass is 10.1. The Kier molecular flexibility index (Phi) is 6.08. The van der Waals surface area contributed by atoms with Gasteiger partial charge in [-0.25, -0.2) is 0 Å². The zero-order chi connectivity index (χ0) is 21.8. The van der Waals surface area contributed by atoms with Gasteiger partial charge in [0, 0.05) is 67.9 Å². The Morgan fingerprint density at radius 3 is 2.48 bits per heavy atom. The Balaban J connectivity index is 1.44. The van der Waals surface area contributed by atoms with Gasteiger partial charge in [-0.3, -0.25) is 24.8 Å². The average Bonchev–Trinajstić information content (AvgIpc) is 2.80. The van der Waals surface area contributed by atoms with Crippen LogP contribution in [-0.4, -0.2) is 60.0 Å². The second-order valence-corrected chi connectivity index (χ2v) is 7.52. The molecule has 1 aliphatic heterocycles. The molecule has 160 valence electrons. The third kappa shape index (κ3) is 4.34. The molecule has 0 atom stereocenters. The summed E-state index contributed by atoms with van der Waals surface area (Å²) in [5.74, 6) is 0.0917. The number of hydrogen-bond acceptors (Lipinski definition) is 6. The molecule has 0 radical (unpaired) electrons. The zero-order valence-electron chi connectivity index (χ0n) is 17.5. The molecule has 0 N–H and O–H groups in total. The van der Waals surface area contributed by atoms with E-state index in [2.05, 4.69) is 14.8 Å². The van der Waals surface area contributed by atoms with Gasteiger partial charge in [-0.15, -0.1) is 0 Å². The molecule has 0 bridgehead atoms. The van der Waals surface area contributed by atoms with Crippen LogP contribution in [0.3, 0.4) is 0 Å². The molecule has 1 amide bonds. The normalized spacial score (nSPS) is 14.5. The minimum Gasteiger partial charge on any atom is -0.368 e. The van der Waals surface area contributed by atoms with E-state index in [1.54, 1.807) is 18.5 Å². The Morgan fingerprint density at radius 1 is 1.06 bits per heavy atom. The third-order valence-corrected chi connectivity index (χ3v) is 5.73. The number of likely N-dealkylation sites (N-methyl/N-ethyl adjacent to an activating group) is 1. The van der Waals surface area contributed by atoms with Crippen LogP contribution >= 0.6 is 0 Å².